The number of fused-ring (bicyclic) bond motifs is 1. The molecule has 3 aromatic rings. The predicted molar refractivity (Wildman–Crippen MR) is 105 cm³/mol. The lowest BCUT2D eigenvalue weighted by molar-refractivity contribution is 0.609. The number of nitrogens with zero attached hydrogens (tertiary/aromatic N) is 3. The Balaban J connectivity index is 1.85. The molecule has 0 saturated carbocycles. The Labute approximate surface area is 161 Å². The molecule has 1 aliphatic rings. The predicted octanol–water partition coefficient (Wildman–Crippen LogP) is 4.27. The van der Waals surface area contributed by atoms with Crippen molar-refractivity contribution in [2.75, 3.05) is 18.0 Å². The Morgan fingerprint density at radius 2 is 1.85 bits per heavy atom. The first-order valence-electron chi connectivity index (χ1n) is 8.36. The fourth-order valence-electron chi connectivity index (χ4n) is 3.38. The minimum Gasteiger partial charge on any atom is -0.355 e. The Morgan fingerprint density at radius 1 is 1.08 bits per heavy atom. The van der Waals surface area contributed by atoms with Gasteiger partial charge in [-0.25, -0.2) is 8.42 Å². The molecule has 2 aromatic carbocycles. The van der Waals surface area contributed by atoms with Crippen LogP contribution in [0, 0.1) is 0 Å². The van der Waals surface area contributed by atoms with Gasteiger partial charge in [-0.1, -0.05) is 23.7 Å². The van der Waals surface area contributed by atoms with Gasteiger partial charge in [0.1, 0.15) is 0 Å². The zero-order valence-corrected chi connectivity index (χ0v) is 16.2. The standard InChI is InChI=1S/C18H17Cl2N3O2S/c19-14-5-3-4-13(10-14)12-23-17-7-6-15(26(20,24)25)11-16(17)18(21-23)22-8-1-2-9-22/h3-7,10-11H,1-2,8-9,12H2. The van der Waals surface area contributed by atoms with Crippen LogP contribution in [0.2, 0.25) is 5.02 Å². The average Bonchev–Trinajstić information content (AvgIpc) is 3.22. The van der Waals surface area contributed by atoms with Crippen LogP contribution in [0.3, 0.4) is 0 Å². The Kier molecular flexibility index (Phi) is 4.59. The molecule has 2 heterocycles. The molecule has 0 N–H and O–H groups in total. The second-order valence-corrected chi connectivity index (χ2v) is 9.42. The van der Waals surface area contributed by atoms with Crippen LogP contribution in [0.1, 0.15) is 18.4 Å². The first-order chi connectivity index (χ1) is 12.4. The highest BCUT2D eigenvalue weighted by Crippen LogP contribution is 2.32. The average molecular weight is 410 g/mol. The van der Waals surface area contributed by atoms with Gasteiger partial charge in [0.2, 0.25) is 0 Å². The molecular formula is C18H17Cl2N3O2S. The van der Waals surface area contributed by atoms with Gasteiger partial charge in [0.05, 0.1) is 17.0 Å². The lowest BCUT2D eigenvalue weighted by Crippen LogP contribution is -2.18. The molecule has 1 aliphatic heterocycles. The van der Waals surface area contributed by atoms with Crippen molar-refractivity contribution in [3.05, 3.63) is 53.1 Å². The van der Waals surface area contributed by atoms with Crippen molar-refractivity contribution < 1.29 is 8.42 Å². The van der Waals surface area contributed by atoms with Gasteiger partial charge in [0, 0.05) is 34.2 Å². The molecule has 26 heavy (non-hydrogen) atoms. The summed E-state index contributed by atoms with van der Waals surface area (Å²) in [6, 6.07) is 12.5. The summed E-state index contributed by atoms with van der Waals surface area (Å²) >= 11 is 6.09. The van der Waals surface area contributed by atoms with Gasteiger partial charge in [0.15, 0.2) is 5.82 Å². The van der Waals surface area contributed by atoms with Crippen LogP contribution in [-0.4, -0.2) is 31.3 Å². The molecule has 0 unspecified atom stereocenters. The van der Waals surface area contributed by atoms with Crippen molar-refractivity contribution >= 4 is 48.1 Å². The number of aromatic nitrogens is 2. The van der Waals surface area contributed by atoms with Gasteiger partial charge in [-0.3, -0.25) is 4.68 Å². The number of hydrogen-bond acceptors (Lipinski definition) is 4. The van der Waals surface area contributed by atoms with Gasteiger partial charge in [-0.2, -0.15) is 5.10 Å². The third-order valence-corrected chi connectivity index (χ3v) is 6.20. The summed E-state index contributed by atoms with van der Waals surface area (Å²) in [6.45, 7) is 2.39. The number of benzene rings is 2. The first kappa shape index (κ1) is 17.6. The molecule has 1 fully saturated rings. The van der Waals surface area contributed by atoms with E-state index in [1.54, 1.807) is 12.1 Å². The van der Waals surface area contributed by atoms with Crippen LogP contribution in [0.15, 0.2) is 47.4 Å². The Morgan fingerprint density at radius 3 is 2.54 bits per heavy atom. The van der Waals surface area contributed by atoms with Gasteiger partial charge in [-0.05, 0) is 48.7 Å². The van der Waals surface area contributed by atoms with E-state index in [1.165, 1.54) is 6.07 Å². The summed E-state index contributed by atoms with van der Waals surface area (Å²) in [7, 11) is 1.75. The van der Waals surface area contributed by atoms with Crippen molar-refractivity contribution in [2.24, 2.45) is 0 Å². The SMILES string of the molecule is O=S(=O)(Cl)c1ccc2c(c1)c(N1CCCC1)nn2Cc1cccc(Cl)c1. The third kappa shape index (κ3) is 3.41. The van der Waals surface area contributed by atoms with Crippen molar-refractivity contribution in [2.45, 2.75) is 24.3 Å². The second kappa shape index (κ2) is 6.76. The van der Waals surface area contributed by atoms with Crippen molar-refractivity contribution in [1.29, 1.82) is 0 Å². The Hall–Kier alpha value is -1.76. The van der Waals surface area contributed by atoms with Gasteiger partial charge in [0.25, 0.3) is 9.05 Å². The van der Waals surface area contributed by atoms with Crippen LogP contribution in [0.25, 0.3) is 10.9 Å². The first-order valence-corrected chi connectivity index (χ1v) is 11.1. The quantitative estimate of drug-likeness (QED) is 0.603. The van der Waals surface area contributed by atoms with E-state index >= 15 is 0 Å². The van der Waals surface area contributed by atoms with E-state index in [4.69, 9.17) is 27.4 Å². The molecule has 0 atom stereocenters. The molecule has 4 rings (SSSR count). The normalized spacial score (nSPS) is 15.1. The molecule has 1 saturated heterocycles. The molecule has 0 spiro atoms. The summed E-state index contributed by atoms with van der Waals surface area (Å²) in [5, 5.41) is 6.26. The van der Waals surface area contributed by atoms with E-state index in [0.29, 0.717) is 11.6 Å². The molecule has 5 nitrogen and oxygen atoms in total. The molecular weight excluding hydrogens is 393 g/mol. The maximum Gasteiger partial charge on any atom is 0.261 e. The lowest BCUT2D eigenvalue weighted by Gasteiger charge is -2.14. The highest BCUT2D eigenvalue weighted by atomic mass is 35.7. The summed E-state index contributed by atoms with van der Waals surface area (Å²) in [5.74, 6) is 0.807. The highest BCUT2D eigenvalue weighted by molar-refractivity contribution is 8.13. The van der Waals surface area contributed by atoms with Gasteiger partial charge in [-0.15, -0.1) is 0 Å². The fraction of sp³-hybridized carbons (Fsp3) is 0.278. The number of rotatable bonds is 4. The van der Waals surface area contributed by atoms with Crippen LogP contribution >= 0.6 is 22.3 Å². The minimum absolute atomic E-state index is 0.0921. The molecule has 0 radical (unpaired) electrons. The highest BCUT2D eigenvalue weighted by Gasteiger charge is 2.22. The van der Waals surface area contributed by atoms with Gasteiger partial charge < -0.3 is 4.90 Å². The lowest BCUT2D eigenvalue weighted by atomic mass is 10.2. The third-order valence-electron chi connectivity index (χ3n) is 4.61. The maximum absolute atomic E-state index is 11.8. The maximum atomic E-state index is 11.8. The summed E-state index contributed by atoms with van der Waals surface area (Å²) in [6.07, 6.45) is 2.21. The smallest absolute Gasteiger partial charge is 0.261 e. The topological polar surface area (TPSA) is 55.2 Å². The fourth-order valence-corrected chi connectivity index (χ4v) is 4.37. The molecule has 0 aliphatic carbocycles. The largest absolute Gasteiger partial charge is 0.355 e. The number of anilines is 1. The van der Waals surface area contributed by atoms with Crippen LogP contribution in [0.4, 0.5) is 5.82 Å². The summed E-state index contributed by atoms with van der Waals surface area (Å²) in [5.41, 5.74) is 1.90. The van der Waals surface area contributed by atoms with E-state index in [-0.39, 0.29) is 4.90 Å². The van der Waals surface area contributed by atoms with E-state index in [1.807, 2.05) is 28.9 Å². The zero-order valence-electron chi connectivity index (χ0n) is 13.9. The van der Waals surface area contributed by atoms with Crippen molar-refractivity contribution in [1.82, 2.24) is 9.78 Å². The molecule has 0 bridgehead atoms. The van der Waals surface area contributed by atoms with Crippen LogP contribution in [0.5, 0.6) is 0 Å². The summed E-state index contributed by atoms with van der Waals surface area (Å²) in [4.78, 5) is 2.29. The van der Waals surface area contributed by atoms with E-state index in [2.05, 4.69) is 4.90 Å². The van der Waals surface area contributed by atoms with E-state index < -0.39 is 9.05 Å². The van der Waals surface area contributed by atoms with E-state index in [9.17, 15) is 8.42 Å². The van der Waals surface area contributed by atoms with Gasteiger partial charge >= 0.3 is 0 Å². The molecule has 1 aromatic heterocycles. The van der Waals surface area contributed by atoms with E-state index in [0.717, 1.165) is 48.2 Å². The zero-order chi connectivity index (χ0) is 18.3. The summed E-state index contributed by atoms with van der Waals surface area (Å²) < 4.78 is 25.4. The minimum atomic E-state index is -3.79. The number of hydrogen-bond donors (Lipinski definition) is 0. The Bertz CT molecular complexity index is 1070. The van der Waals surface area contributed by atoms with Crippen molar-refractivity contribution in [3.63, 3.8) is 0 Å². The van der Waals surface area contributed by atoms with Crippen LogP contribution in [-0.2, 0) is 15.6 Å². The van der Waals surface area contributed by atoms with Crippen LogP contribution < -0.4 is 4.90 Å². The monoisotopic (exact) mass is 409 g/mol. The molecule has 0 amide bonds. The number of halogens is 2. The molecule has 136 valence electrons. The molecule has 8 heteroatoms. The second-order valence-electron chi connectivity index (χ2n) is 6.42. The van der Waals surface area contributed by atoms with Crippen molar-refractivity contribution in [3.8, 4) is 0 Å².